The number of non-ortho nitro benzene ring substituents is 2. The van der Waals surface area contributed by atoms with Crippen LogP contribution >= 0.6 is 0 Å². The summed E-state index contributed by atoms with van der Waals surface area (Å²) in [6.07, 6.45) is -11.2. The van der Waals surface area contributed by atoms with Gasteiger partial charge < -0.3 is 0 Å². The molecule has 0 fully saturated rings. The molecule has 0 unspecified atom stereocenters. The summed E-state index contributed by atoms with van der Waals surface area (Å²) in [7, 11) is 0. The van der Waals surface area contributed by atoms with Crippen LogP contribution in [0.2, 0.25) is 0 Å². The third-order valence-corrected chi connectivity index (χ3v) is 3.36. The van der Waals surface area contributed by atoms with Gasteiger partial charge in [-0.2, -0.15) is 26.3 Å². The highest BCUT2D eigenvalue weighted by Gasteiger charge is 2.50. The first-order valence-corrected chi connectivity index (χ1v) is 7.60. The van der Waals surface area contributed by atoms with Crippen LogP contribution in [0.5, 0.6) is 0 Å². The number of hydrogen-bond donors (Lipinski definition) is 0. The largest absolute Gasteiger partial charge is 0.435 e. The predicted octanol–water partition coefficient (Wildman–Crippen LogP) is 5.47. The molecule has 0 aliphatic carbocycles. The van der Waals surface area contributed by atoms with Gasteiger partial charge in [-0.3, -0.25) is 20.2 Å². The summed E-state index contributed by atoms with van der Waals surface area (Å²) < 4.78 is 80.1. The van der Waals surface area contributed by atoms with Crippen LogP contribution in [0.25, 0.3) is 0 Å². The second-order valence-electron chi connectivity index (χ2n) is 5.46. The Morgan fingerprint density at radius 2 is 0.900 bits per heavy atom. The molecule has 0 bridgehead atoms. The van der Waals surface area contributed by atoms with Crippen molar-refractivity contribution in [3.63, 3.8) is 0 Å². The molecule has 2 aromatic rings. The smallest absolute Gasteiger partial charge is 0.258 e. The van der Waals surface area contributed by atoms with Crippen LogP contribution in [-0.2, 0) is 0 Å². The Morgan fingerprint density at radius 3 is 1.10 bits per heavy atom. The van der Waals surface area contributed by atoms with E-state index in [1.54, 1.807) is 0 Å². The first kappa shape index (κ1) is 22.4. The summed E-state index contributed by atoms with van der Waals surface area (Å²) in [6, 6.07) is 6.04. The molecule has 158 valence electrons. The molecule has 0 aliphatic heterocycles. The first-order chi connectivity index (χ1) is 13.8. The van der Waals surface area contributed by atoms with E-state index in [0.717, 1.165) is 48.5 Å². The zero-order valence-corrected chi connectivity index (χ0v) is 14.3. The van der Waals surface area contributed by atoms with Gasteiger partial charge in [-0.05, 0) is 24.3 Å². The molecule has 2 aromatic carbocycles. The van der Waals surface area contributed by atoms with Crippen molar-refractivity contribution in [1.29, 1.82) is 0 Å². The van der Waals surface area contributed by atoms with Crippen LogP contribution in [0, 0.1) is 20.2 Å². The fraction of sp³-hybridized carbons (Fsp3) is 0.125. The van der Waals surface area contributed by atoms with Gasteiger partial charge in [0.05, 0.1) is 21.2 Å². The molecule has 0 atom stereocenters. The Kier molecular flexibility index (Phi) is 6.18. The molecule has 0 radical (unpaired) electrons. The van der Waals surface area contributed by atoms with Gasteiger partial charge >= 0.3 is 12.4 Å². The third kappa shape index (κ3) is 5.59. The first-order valence-electron chi connectivity index (χ1n) is 7.60. The topological polar surface area (TPSA) is 111 Å². The van der Waals surface area contributed by atoms with Gasteiger partial charge in [-0.15, -0.1) is 0 Å². The van der Waals surface area contributed by atoms with E-state index in [-0.39, 0.29) is 0 Å². The lowest BCUT2D eigenvalue weighted by Crippen LogP contribution is -2.40. The highest BCUT2D eigenvalue weighted by atomic mass is 19.4. The van der Waals surface area contributed by atoms with E-state index in [4.69, 9.17) is 0 Å². The maximum atomic E-state index is 13.4. The molecule has 0 amide bonds. The minimum Gasteiger partial charge on any atom is -0.258 e. The Hall–Kier alpha value is -3.84. The molecule has 8 nitrogen and oxygen atoms in total. The maximum absolute atomic E-state index is 13.4. The predicted molar refractivity (Wildman–Crippen MR) is 92.5 cm³/mol. The normalized spacial score (nSPS) is 13.3. The van der Waals surface area contributed by atoms with Gasteiger partial charge in [0.25, 0.3) is 11.4 Å². The van der Waals surface area contributed by atoms with Gasteiger partial charge in [0.2, 0.25) is 0 Å². The van der Waals surface area contributed by atoms with Crippen molar-refractivity contribution >= 4 is 34.2 Å². The van der Waals surface area contributed by atoms with Crippen LogP contribution in [-0.4, -0.2) is 33.6 Å². The van der Waals surface area contributed by atoms with E-state index in [0.29, 0.717) is 0 Å². The van der Waals surface area contributed by atoms with Crippen LogP contribution < -0.4 is 0 Å². The molecule has 0 heterocycles. The Labute approximate surface area is 162 Å². The number of benzene rings is 2. The van der Waals surface area contributed by atoms with E-state index >= 15 is 0 Å². The molecule has 30 heavy (non-hydrogen) atoms. The highest BCUT2D eigenvalue weighted by molar-refractivity contribution is 6.47. The number of nitro benzene ring substituents is 2. The summed E-state index contributed by atoms with van der Waals surface area (Å²) >= 11 is 0. The van der Waals surface area contributed by atoms with Crippen molar-refractivity contribution in [1.82, 2.24) is 0 Å². The van der Waals surface area contributed by atoms with Crippen molar-refractivity contribution in [3.05, 3.63) is 68.8 Å². The maximum Gasteiger partial charge on any atom is 0.435 e. The number of nitrogens with zero attached hydrogens (tertiary/aromatic N) is 4. The quantitative estimate of drug-likeness (QED) is 0.269. The number of halogens is 6. The fourth-order valence-electron chi connectivity index (χ4n) is 2.06. The van der Waals surface area contributed by atoms with Crippen LogP contribution in [0.3, 0.4) is 0 Å². The van der Waals surface area contributed by atoms with E-state index in [9.17, 15) is 46.6 Å². The molecule has 0 aliphatic rings. The average molecular weight is 434 g/mol. The molecule has 0 saturated heterocycles. The Morgan fingerprint density at radius 1 is 0.633 bits per heavy atom. The summed E-state index contributed by atoms with van der Waals surface area (Å²) in [5.41, 5.74) is -7.04. The molecular formula is C16H8F6N4O4. The number of hydrogen-bond acceptors (Lipinski definition) is 6. The van der Waals surface area contributed by atoms with Gasteiger partial charge in [-0.25, -0.2) is 9.98 Å². The van der Waals surface area contributed by atoms with Crippen LogP contribution in [0.15, 0.2) is 58.5 Å². The SMILES string of the molecule is O=[N+]([O-])c1ccc(N=C(C(=Nc2ccc([N+](=O)[O-])cc2)C(F)(F)F)C(F)(F)F)cc1. The van der Waals surface area contributed by atoms with Crippen molar-refractivity contribution < 1.29 is 36.2 Å². The molecule has 2 rings (SSSR count). The van der Waals surface area contributed by atoms with E-state index in [2.05, 4.69) is 9.98 Å². The summed E-state index contributed by atoms with van der Waals surface area (Å²) in [6.45, 7) is 0. The monoisotopic (exact) mass is 434 g/mol. The Bertz CT molecular complexity index is 929. The summed E-state index contributed by atoms with van der Waals surface area (Å²) in [5, 5.41) is 21.2. The number of alkyl halides is 6. The lowest BCUT2D eigenvalue weighted by atomic mass is 10.2. The van der Waals surface area contributed by atoms with Crippen LogP contribution in [0.1, 0.15) is 0 Å². The summed E-state index contributed by atoms with van der Waals surface area (Å²) in [4.78, 5) is 25.4. The van der Waals surface area contributed by atoms with Crippen molar-refractivity contribution in [2.45, 2.75) is 12.4 Å². The molecule has 14 heteroatoms. The van der Waals surface area contributed by atoms with Crippen molar-refractivity contribution in [2.24, 2.45) is 9.98 Å². The molecular weight excluding hydrogens is 426 g/mol. The minimum atomic E-state index is -5.59. The second-order valence-corrected chi connectivity index (χ2v) is 5.46. The average Bonchev–Trinajstić information content (AvgIpc) is 2.63. The zero-order chi connectivity index (χ0) is 22.7. The number of rotatable bonds is 5. The lowest BCUT2D eigenvalue weighted by Gasteiger charge is -2.16. The molecule has 0 spiro atoms. The molecule has 0 aromatic heterocycles. The van der Waals surface area contributed by atoms with Gasteiger partial charge in [0.1, 0.15) is 0 Å². The standard InChI is InChI=1S/C16H8F6N4O4/c17-15(18,19)13(23-9-1-5-11(6-2-9)25(27)28)14(16(20,21)22)24-10-3-7-12(8-4-10)26(29)30/h1-8H. The van der Waals surface area contributed by atoms with E-state index < -0.39 is 56.4 Å². The molecule has 0 N–H and O–H groups in total. The summed E-state index contributed by atoms with van der Waals surface area (Å²) in [5.74, 6) is 0. The Balaban J connectivity index is 2.61. The van der Waals surface area contributed by atoms with Gasteiger partial charge in [0, 0.05) is 24.3 Å². The van der Waals surface area contributed by atoms with Crippen molar-refractivity contribution in [2.75, 3.05) is 0 Å². The van der Waals surface area contributed by atoms with Gasteiger partial charge in [-0.1, -0.05) is 0 Å². The fourth-order valence-corrected chi connectivity index (χ4v) is 2.06. The van der Waals surface area contributed by atoms with E-state index in [1.165, 1.54) is 0 Å². The second kappa shape index (κ2) is 8.26. The number of aliphatic imine (C=N–C) groups is 2. The zero-order valence-electron chi connectivity index (χ0n) is 14.3. The van der Waals surface area contributed by atoms with Crippen molar-refractivity contribution in [3.8, 4) is 0 Å². The molecule has 0 saturated carbocycles. The van der Waals surface area contributed by atoms with E-state index in [1.807, 2.05) is 0 Å². The highest BCUT2D eigenvalue weighted by Crippen LogP contribution is 2.31. The minimum absolute atomic E-state index is 0.502. The lowest BCUT2D eigenvalue weighted by molar-refractivity contribution is -0.385. The third-order valence-electron chi connectivity index (χ3n) is 3.36. The number of nitro groups is 2. The van der Waals surface area contributed by atoms with Gasteiger partial charge in [0.15, 0.2) is 11.4 Å². The van der Waals surface area contributed by atoms with Crippen LogP contribution in [0.4, 0.5) is 49.1 Å².